The first-order chi connectivity index (χ1) is 13.2. The van der Waals surface area contributed by atoms with Crippen LogP contribution in [0.3, 0.4) is 0 Å². The van der Waals surface area contributed by atoms with Gasteiger partial charge in [0.15, 0.2) is 5.82 Å². The van der Waals surface area contributed by atoms with Crippen LogP contribution in [0.25, 0.3) is 0 Å². The van der Waals surface area contributed by atoms with Gasteiger partial charge in [0.1, 0.15) is 0 Å². The molecule has 0 radical (unpaired) electrons. The van der Waals surface area contributed by atoms with Crippen LogP contribution in [0.1, 0.15) is 77.3 Å². The van der Waals surface area contributed by atoms with E-state index in [4.69, 9.17) is 4.52 Å². The molecule has 2 aromatic rings. The molecule has 0 atom stereocenters. The zero-order valence-corrected chi connectivity index (χ0v) is 16.5. The van der Waals surface area contributed by atoms with Gasteiger partial charge in [-0.15, -0.1) is 11.3 Å². The molecule has 1 aliphatic carbocycles. The highest BCUT2D eigenvalue weighted by Gasteiger charge is 2.17. The van der Waals surface area contributed by atoms with Crippen LogP contribution in [0, 0.1) is 0 Å². The van der Waals surface area contributed by atoms with Crippen molar-refractivity contribution in [2.75, 3.05) is 0 Å². The number of hydrogen-bond acceptors (Lipinski definition) is 6. The number of aryl methyl sites for hydroxylation is 4. The molecule has 3 rings (SSSR count). The second-order valence-electron chi connectivity index (χ2n) is 6.83. The van der Waals surface area contributed by atoms with Crippen molar-refractivity contribution in [2.24, 2.45) is 0 Å². The van der Waals surface area contributed by atoms with Gasteiger partial charge in [0.2, 0.25) is 11.8 Å². The lowest BCUT2D eigenvalue weighted by Crippen LogP contribution is -2.41. The number of thiophene rings is 1. The highest BCUT2D eigenvalue weighted by atomic mass is 32.1. The summed E-state index contributed by atoms with van der Waals surface area (Å²) in [5.41, 5.74) is 6.29. The van der Waals surface area contributed by atoms with E-state index >= 15 is 0 Å². The van der Waals surface area contributed by atoms with E-state index in [1.165, 1.54) is 41.0 Å². The van der Waals surface area contributed by atoms with E-state index in [0.29, 0.717) is 29.4 Å². The molecule has 0 aromatic carbocycles. The van der Waals surface area contributed by atoms with Crippen LogP contribution < -0.4 is 10.9 Å². The van der Waals surface area contributed by atoms with Crippen LogP contribution in [0.2, 0.25) is 0 Å². The number of fused-ring (bicyclic) bond motifs is 1. The fraction of sp³-hybridized carbons (Fsp3) is 0.579. The molecule has 0 fully saturated rings. The third-order valence-electron chi connectivity index (χ3n) is 4.56. The fourth-order valence-electron chi connectivity index (χ4n) is 3.15. The van der Waals surface area contributed by atoms with E-state index in [2.05, 4.69) is 27.9 Å². The summed E-state index contributed by atoms with van der Waals surface area (Å²) in [5, 5.41) is 3.89. The lowest BCUT2D eigenvalue weighted by Gasteiger charge is -2.05. The molecule has 7 nitrogen and oxygen atoms in total. The maximum Gasteiger partial charge on any atom is 0.279 e. The van der Waals surface area contributed by atoms with Gasteiger partial charge in [-0.05, 0) is 50.2 Å². The lowest BCUT2D eigenvalue weighted by atomic mass is 10.1. The number of hydrogen-bond donors (Lipinski definition) is 2. The summed E-state index contributed by atoms with van der Waals surface area (Å²) in [4.78, 5) is 30.4. The number of amides is 2. The summed E-state index contributed by atoms with van der Waals surface area (Å²) in [5.74, 6) is 0.784. The number of nitrogens with zero attached hydrogens (tertiary/aromatic N) is 2. The predicted octanol–water partition coefficient (Wildman–Crippen LogP) is 3.14. The Morgan fingerprint density at radius 1 is 1.19 bits per heavy atom. The topological polar surface area (TPSA) is 97.1 Å². The maximum atomic E-state index is 12.3. The molecular weight excluding hydrogens is 364 g/mol. The van der Waals surface area contributed by atoms with Crippen molar-refractivity contribution in [1.82, 2.24) is 21.0 Å². The van der Waals surface area contributed by atoms with Gasteiger partial charge >= 0.3 is 0 Å². The van der Waals surface area contributed by atoms with Gasteiger partial charge in [0.05, 0.1) is 4.88 Å². The van der Waals surface area contributed by atoms with Crippen LogP contribution in [0.4, 0.5) is 0 Å². The third-order valence-corrected chi connectivity index (χ3v) is 5.80. The monoisotopic (exact) mass is 390 g/mol. The van der Waals surface area contributed by atoms with Gasteiger partial charge in [-0.25, -0.2) is 0 Å². The first-order valence-electron chi connectivity index (χ1n) is 9.68. The van der Waals surface area contributed by atoms with Crippen LogP contribution in [0.5, 0.6) is 0 Å². The summed E-state index contributed by atoms with van der Waals surface area (Å²) < 4.78 is 5.14. The molecule has 2 N–H and O–H groups in total. The van der Waals surface area contributed by atoms with Crippen LogP contribution in [-0.2, 0) is 30.5 Å². The Balaban J connectivity index is 1.39. The van der Waals surface area contributed by atoms with Gasteiger partial charge in [-0.2, -0.15) is 4.98 Å². The SMILES string of the molecule is CCCc1noc(CCCC(=O)NNC(=O)c2cc3c(s2)CCCCC3)n1. The van der Waals surface area contributed by atoms with Crippen LogP contribution in [0.15, 0.2) is 10.6 Å². The van der Waals surface area contributed by atoms with Crippen LogP contribution in [-0.4, -0.2) is 22.0 Å². The summed E-state index contributed by atoms with van der Waals surface area (Å²) in [6.45, 7) is 2.06. The third kappa shape index (κ3) is 5.63. The van der Waals surface area contributed by atoms with E-state index in [1.54, 1.807) is 0 Å². The Morgan fingerprint density at radius 3 is 2.89 bits per heavy atom. The molecule has 0 saturated carbocycles. The minimum absolute atomic E-state index is 0.227. The molecule has 2 amide bonds. The highest BCUT2D eigenvalue weighted by Crippen LogP contribution is 2.28. The average Bonchev–Trinajstić information content (AvgIpc) is 3.21. The van der Waals surface area contributed by atoms with Gasteiger partial charge in [0, 0.05) is 24.1 Å². The van der Waals surface area contributed by atoms with Crippen molar-refractivity contribution in [1.29, 1.82) is 0 Å². The van der Waals surface area contributed by atoms with Crippen LogP contribution >= 0.6 is 11.3 Å². The van der Waals surface area contributed by atoms with E-state index < -0.39 is 0 Å². The van der Waals surface area contributed by atoms with Crippen molar-refractivity contribution in [2.45, 2.75) is 71.1 Å². The molecule has 0 bridgehead atoms. The molecule has 0 spiro atoms. The Hall–Kier alpha value is -2.22. The second kappa shape index (κ2) is 9.64. The molecular formula is C19H26N4O3S. The number of hydrazine groups is 1. The van der Waals surface area contributed by atoms with Crippen molar-refractivity contribution in [3.63, 3.8) is 0 Å². The molecule has 0 saturated heterocycles. The van der Waals surface area contributed by atoms with Gasteiger partial charge < -0.3 is 4.52 Å². The molecule has 0 unspecified atom stereocenters. The molecule has 8 heteroatoms. The van der Waals surface area contributed by atoms with E-state index in [9.17, 15) is 9.59 Å². The minimum Gasteiger partial charge on any atom is -0.339 e. The summed E-state index contributed by atoms with van der Waals surface area (Å²) in [6, 6.07) is 1.97. The molecule has 1 aliphatic rings. The zero-order chi connectivity index (χ0) is 19.1. The largest absolute Gasteiger partial charge is 0.339 e. The first-order valence-corrected chi connectivity index (χ1v) is 10.5. The lowest BCUT2D eigenvalue weighted by molar-refractivity contribution is -0.121. The van der Waals surface area contributed by atoms with Crippen molar-refractivity contribution >= 4 is 23.2 Å². The quantitative estimate of drug-likeness (QED) is 0.559. The Bertz CT molecular complexity index is 760. The first kappa shape index (κ1) is 19.5. The summed E-state index contributed by atoms with van der Waals surface area (Å²) in [7, 11) is 0. The summed E-state index contributed by atoms with van der Waals surface area (Å²) in [6.07, 6.45) is 8.90. The smallest absolute Gasteiger partial charge is 0.279 e. The Morgan fingerprint density at radius 2 is 2.04 bits per heavy atom. The standard InChI is InChI=1S/C19H26N4O3S/c1-2-7-16-20-18(26-23-16)11-6-10-17(24)21-22-19(25)15-12-13-8-4-3-5-9-14(13)27-15/h12H,2-11H2,1H3,(H,21,24)(H,22,25). The zero-order valence-electron chi connectivity index (χ0n) is 15.7. The molecule has 2 aromatic heterocycles. The fourth-order valence-corrected chi connectivity index (χ4v) is 4.30. The molecule has 146 valence electrons. The minimum atomic E-state index is -0.248. The van der Waals surface area contributed by atoms with E-state index in [1.807, 2.05) is 6.07 Å². The molecule has 2 heterocycles. The number of carbonyl (C=O) groups excluding carboxylic acids is 2. The van der Waals surface area contributed by atoms with Gasteiger partial charge in [-0.1, -0.05) is 18.5 Å². The molecule has 0 aliphatic heterocycles. The van der Waals surface area contributed by atoms with Gasteiger partial charge in [-0.3, -0.25) is 20.4 Å². The molecule has 27 heavy (non-hydrogen) atoms. The number of rotatable bonds is 7. The summed E-state index contributed by atoms with van der Waals surface area (Å²) >= 11 is 1.54. The normalized spacial score (nSPS) is 13.7. The number of nitrogens with one attached hydrogen (secondary N) is 2. The Kier molecular flexibility index (Phi) is 6.98. The maximum absolute atomic E-state index is 12.3. The van der Waals surface area contributed by atoms with Crippen molar-refractivity contribution in [3.8, 4) is 0 Å². The van der Waals surface area contributed by atoms with Crippen molar-refractivity contribution in [3.05, 3.63) is 33.1 Å². The number of aromatic nitrogens is 2. The Labute approximate surface area is 162 Å². The van der Waals surface area contributed by atoms with E-state index in [0.717, 1.165) is 25.7 Å². The predicted molar refractivity (Wildman–Crippen MR) is 102 cm³/mol. The van der Waals surface area contributed by atoms with Gasteiger partial charge in [0.25, 0.3) is 5.91 Å². The second-order valence-corrected chi connectivity index (χ2v) is 7.97. The van der Waals surface area contributed by atoms with Crippen molar-refractivity contribution < 1.29 is 14.1 Å². The number of carbonyl (C=O) groups is 2. The highest BCUT2D eigenvalue weighted by molar-refractivity contribution is 7.14. The average molecular weight is 391 g/mol. The van der Waals surface area contributed by atoms with E-state index in [-0.39, 0.29) is 18.2 Å².